The van der Waals surface area contributed by atoms with E-state index in [1.165, 1.54) is 7.05 Å². The van der Waals surface area contributed by atoms with Crippen molar-refractivity contribution in [3.8, 4) is 0 Å². The number of carbonyl (C=O) groups excluding carboxylic acids is 1. The number of methoxy groups -OCH3 is 1. The molecule has 1 aromatic rings. The fourth-order valence-corrected chi connectivity index (χ4v) is 4.18. The van der Waals surface area contributed by atoms with Crippen molar-refractivity contribution >= 4 is 16.0 Å². The molecule has 0 aromatic heterocycles. The van der Waals surface area contributed by atoms with Crippen molar-refractivity contribution in [2.24, 2.45) is 0 Å². The summed E-state index contributed by atoms with van der Waals surface area (Å²) in [5.41, 5.74) is -2.06. The Kier molecular flexibility index (Phi) is 5.75. The minimum atomic E-state index is -4.89. The van der Waals surface area contributed by atoms with Gasteiger partial charge in [-0.1, -0.05) is 0 Å². The molecule has 1 heterocycles. The van der Waals surface area contributed by atoms with Gasteiger partial charge in [0.15, 0.2) is 0 Å². The summed E-state index contributed by atoms with van der Waals surface area (Å²) in [7, 11) is -1.81. The first-order chi connectivity index (χ1) is 11.6. The normalized spacial score (nSPS) is 16.9. The fraction of sp³-hybridized carbons (Fsp3) is 0.533. The zero-order chi connectivity index (χ0) is 18.8. The number of esters is 1. The standard InChI is InChI=1S/C15H19F3N2O4S/c1-20(10-5-7-19-8-6-10)25(22,23)11-3-4-12(14(21)24-2)13(9-11)15(16,17)18/h3-4,9-10,19H,5-8H2,1-2H3. The minimum Gasteiger partial charge on any atom is -0.465 e. The van der Waals surface area contributed by atoms with E-state index in [2.05, 4.69) is 10.1 Å². The predicted molar refractivity (Wildman–Crippen MR) is 83.6 cm³/mol. The number of benzene rings is 1. The van der Waals surface area contributed by atoms with Gasteiger partial charge in [-0.2, -0.15) is 17.5 Å². The molecule has 0 bridgehead atoms. The Morgan fingerprint density at radius 1 is 1.28 bits per heavy atom. The molecule has 2 rings (SSSR count). The van der Waals surface area contributed by atoms with Gasteiger partial charge in [0.05, 0.1) is 23.1 Å². The molecule has 25 heavy (non-hydrogen) atoms. The molecule has 1 aromatic carbocycles. The number of ether oxygens (including phenoxy) is 1. The van der Waals surface area contributed by atoms with E-state index in [1.54, 1.807) is 0 Å². The van der Waals surface area contributed by atoms with Crippen molar-refractivity contribution in [2.45, 2.75) is 30.0 Å². The van der Waals surface area contributed by atoms with E-state index in [-0.39, 0.29) is 6.04 Å². The van der Waals surface area contributed by atoms with Crippen molar-refractivity contribution in [1.82, 2.24) is 9.62 Å². The molecule has 0 amide bonds. The van der Waals surface area contributed by atoms with Gasteiger partial charge in [-0.15, -0.1) is 0 Å². The van der Waals surface area contributed by atoms with Crippen LogP contribution < -0.4 is 5.32 Å². The molecule has 0 unspecified atom stereocenters. The Bertz CT molecular complexity index is 744. The van der Waals surface area contributed by atoms with Crippen molar-refractivity contribution in [3.63, 3.8) is 0 Å². The molecule has 1 N–H and O–H groups in total. The second-order valence-electron chi connectivity index (χ2n) is 5.70. The predicted octanol–water partition coefficient (Wildman–Crippen LogP) is 1.86. The summed E-state index contributed by atoms with van der Waals surface area (Å²) < 4.78 is 70.5. The number of halogens is 3. The molecular weight excluding hydrogens is 361 g/mol. The van der Waals surface area contributed by atoms with Gasteiger partial charge in [-0.05, 0) is 44.1 Å². The van der Waals surface area contributed by atoms with Gasteiger partial charge in [0, 0.05) is 13.1 Å². The van der Waals surface area contributed by atoms with Crippen molar-refractivity contribution in [1.29, 1.82) is 0 Å². The quantitative estimate of drug-likeness (QED) is 0.807. The van der Waals surface area contributed by atoms with Crippen LogP contribution in [0.25, 0.3) is 0 Å². The summed E-state index contributed by atoms with van der Waals surface area (Å²) >= 11 is 0. The maximum atomic E-state index is 13.2. The van der Waals surface area contributed by atoms with E-state index < -0.39 is 38.2 Å². The van der Waals surface area contributed by atoms with Gasteiger partial charge >= 0.3 is 12.1 Å². The molecule has 1 saturated heterocycles. The third-order valence-electron chi connectivity index (χ3n) is 4.20. The first-order valence-electron chi connectivity index (χ1n) is 7.57. The molecular formula is C15H19F3N2O4S. The van der Waals surface area contributed by atoms with Gasteiger partial charge in [0.2, 0.25) is 10.0 Å². The number of nitrogens with one attached hydrogen (secondary N) is 1. The molecule has 10 heteroatoms. The van der Waals surface area contributed by atoms with Crippen LogP contribution in [0.2, 0.25) is 0 Å². The Hall–Kier alpha value is -1.65. The molecule has 1 aliphatic rings. The Balaban J connectivity index is 2.46. The minimum absolute atomic E-state index is 0.291. The van der Waals surface area contributed by atoms with Crippen LogP contribution in [0.3, 0.4) is 0 Å². The van der Waals surface area contributed by atoms with Gasteiger partial charge in [-0.25, -0.2) is 13.2 Å². The van der Waals surface area contributed by atoms with Crippen LogP contribution in [0.5, 0.6) is 0 Å². The molecule has 140 valence electrons. The van der Waals surface area contributed by atoms with Gasteiger partial charge in [0.1, 0.15) is 0 Å². The van der Waals surface area contributed by atoms with Crippen molar-refractivity contribution in [3.05, 3.63) is 29.3 Å². The zero-order valence-corrected chi connectivity index (χ0v) is 14.6. The molecule has 0 aliphatic carbocycles. The van der Waals surface area contributed by atoms with E-state index in [0.717, 1.165) is 23.5 Å². The Labute approximate surface area is 144 Å². The van der Waals surface area contributed by atoms with Gasteiger partial charge in [0.25, 0.3) is 0 Å². The lowest BCUT2D eigenvalue weighted by Crippen LogP contribution is -2.43. The number of rotatable bonds is 4. The summed E-state index contributed by atoms with van der Waals surface area (Å²) in [6.07, 6.45) is -3.74. The summed E-state index contributed by atoms with van der Waals surface area (Å²) in [6.45, 7) is 1.28. The topological polar surface area (TPSA) is 75.7 Å². The third-order valence-corrected chi connectivity index (χ3v) is 6.11. The van der Waals surface area contributed by atoms with Crippen molar-refractivity contribution < 1.29 is 31.1 Å². The number of piperidine rings is 1. The van der Waals surface area contributed by atoms with Crippen LogP contribution in [-0.2, 0) is 20.9 Å². The van der Waals surface area contributed by atoms with Gasteiger partial charge < -0.3 is 10.1 Å². The lowest BCUT2D eigenvalue weighted by molar-refractivity contribution is -0.138. The number of alkyl halides is 3. The third kappa shape index (κ3) is 4.13. The second-order valence-corrected chi connectivity index (χ2v) is 7.70. The molecule has 1 aliphatic heterocycles. The number of hydrogen-bond donors (Lipinski definition) is 1. The summed E-state index contributed by atoms with van der Waals surface area (Å²) in [6, 6.07) is 2.02. The van der Waals surface area contributed by atoms with E-state index in [4.69, 9.17) is 0 Å². The SMILES string of the molecule is COC(=O)c1ccc(S(=O)(=O)N(C)C2CCNCC2)cc1C(F)(F)F. The number of nitrogens with zero attached hydrogens (tertiary/aromatic N) is 1. The van der Waals surface area contributed by atoms with E-state index in [0.29, 0.717) is 32.0 Å². The molecule has 1 fully saturated rings. The summed E-state index contributed by atoms with van der Waals surface area (Å²) in [4.78, 5) is 11.0. The first-order valence-corrected chi connectivity index (χ1v) is 9.01. The molecule has 0 spiro atoms. The smallest absolute Gasteiger partial charge is 0.417 e. The average molecular weight is 380 g/mol. The Morgan fingerprint density at radius 2 is 1.88 bits per heavy atom. The Morgan fingerprint density at radius 3 is 2.40 bits per heavy atom. The highest BCUT2D eigenvalue weighted by Crippen LogP contribution is 2.34. The maximum Gasteiger partial charge on any atom is 0.417 e. The van der Waals surface area contributed by atoms with Gasteiger partial charge in [-0.3, -0.25) is 0 Å². The van der Waals surface area contributed by atoms with Crippen LogP contribution in [0, 0.1) is 0 Å². The maximum absolute atomic E-state index is 13.2. The highest BCUT2D eigenvalue weighted by molar-refractivity contribution is 7.89. The highest BCUT2D eigenvalue weighted by atomic mass is 32.2. The lowest BCUT2D eigenvalue weighted by atomic mass is 10.1. The van der Waals surface area contributed by atoms with E-state index in [9.17, 15) is 26.4 Å². The highest BCUT2D eigenvalue weighted by Gasteiger charge is 2.38. The second kappa shape index (κ2) is 7.30. The number of hydrogen-bond acceptors (Lipinski definition) is 5. The van der Waals surface area contributed by atoms with Crippen LogP contribution in [0.1, 0.15) is 28.8 Å². The number of carbonyl (C=O) groups is 1. The van der Waals surface area contributed by atoms with Crippen LogP contribution in [-0.4, -0.2) is 52.0 Å². The van der Waals surface area contributed by atoms with Crippen LogP contribution in [0.4, 0.5) is 13.2 Å². The largest absolute Gasteiger partial charge is 0.465 e. The summed E-state index contributed by atoms with van der Waals surface area (Å²) in [5, 5.41) is 3.09. The first kappa shape index (κ1) is 19.7. The molecule has 0 atom stereocenters. The van der Waals surface area contributed by atoms with E-state index >= 15 is 0 Å². The molecule has 0 saturated carbocycles. The van der Waals surface area contributed by atoms with Crippen molar-refractivity contribution in [2.75, 3.05) is 27.2 Å². The monoisotopic (exact) mass is 380 g/mol. The number of sulfonamides is 1. The zero-order valence-electron chi connectivity index (χ0n) is 13.8. The molecule has 6 nitrogen and oxygen atoms in total. The average Bonchev–Trinajstić information content (AvgIpc) is 2.59. The fourth-order valence-electron chi connectivity index (χ4n) is 2.74. The molecule has 0 radical (unpaired) electrons. The van der Waals surface area contributed by atoms with E-state index in [1.807, 2.05) is 0 Å². The summed E-state index contributed by atoms with van der Waals surface area (Å²) in [5.74, 6) is -1.18. The van der Waals surface area contributed by atoms with Crippen LogP contribution >= 0.6 is 0 Å². The lowest BCUT2D eigenvalue weighted by Gasteiger charge is -2.31. The van der Waals surface area contributed by atoms with Crippen LogP contribution in [0.15, 0.2) is 23.1 Å².